The van der Waals surface area contributed by atoms with Crippen LogP contribution in [-0.2, 0) is 16.0 Å². The van der Waals surface area contributed by atoms with Gasteiger partial charge in [0.25, 0.3) is 5.91 Å². The smallest absolute Gasteiger partial charge is 0.311 e. The molecule has 0 atom stereocenters. The molecule has 1 aromatic heterocycles. The standard InChI is InChI=1S/C20H16Cl2N2O3S/c1-2-27-17(25)11-16-18(12-6-4-3-5-7-12)23-20(28-16)24-19(26)13-8-9-14(21)15(22)10-13/h3-10H,2,11H2,1H3,(H,23,24,26). The van der Waals surface area contributed by atoms with Crippen molar-refractivity contribution in [2.75, 3.05) is 11.9 Å². The maximum Gasteiger partial charge on any atom is 0.311 e. The second-order valence-corrected chi connectivity index (χ2v) is 7.62. The zero-order valence-electron chi connectivity index (χ0n) is 14.9. The lowest BCUT2D eigenvalue weighted by atomic mass is 10.1. The first-order valence-corrected chi connectivity index (χ1v) is 10.0. The molecule has 0 bridgehead atoms. The highest BCUT2D eigenvalue weighted by atomic mass is 35.5. The molecular formula is C20H16Cl2N2O3S. The molecule has 0 saturated heterocycles. The summed E-state index contributed by atoms with van der Waals surface area (Å²) in [5.74, 6) is -0.708. The fourth-order valence-electron chi connectivity index (χ4n) is 2.50. The highest BCUT2D eigenvalue weighted by molar-refractivity contribution is 7.16. The van der Waals surface area contributed by atoms with Crippen LogP contribution in [0.1, 0.15) is 22.2 Å². The van der Waals surface area contributed by atoms with Crippen LogP contribution in [0.3, 0.4) is 0 Å². The van der Waals surface area contributed by atoms with Crippen LogP contribution in [0.15, 0.2) is 48.5 Å². The highest BCUT2D eigenvalue weighted by Crippen LogP contribution is 2.32. The summed E-state index contributed by atoms with van der Waals surface area (Å²) < 4.78 is 5.05. The lowest BCUT2D eigenvalue weighted by Crippen LogP contribution is -2.11. The van der Waals surface area contributed by atoms with Gasteiger partial charge in [0.1, 0.15) is 0 Å². The van der Waals surface area contributed by atoms with Crippen molar-refractivity contribution in [1.82, 2.24) is 4.98 Å². The van der Waals surface area contributed by atoms with Gasteiger partial charge >= 0.3 is 5.97 Å². The molecule has 0 spiro atoms. The largest absolute Gasteiger partial charge is 0.466 e. The number of carbonyl (C=O) groups is 2. The molecule has 0 fully saturated rings. The van der Waals surface area contributed by atoms with E-state index in [-0.39, 0.29) is 18.3 Å². The Labute approximate surface area is 176 Å². The van der Waals surface area contributed by atoms with E-state index in [9.17, 15) is 9.59 Å². The van der Waals surface area contributed by atoms with Gasteiger partial charge in [-0.2, -0.15) is 0 Å². The molecule has 3 aromatic rings. The predicted molar refractivity (Wildman–Crippen MR) is 112 cm³/mol. The lowest BCUT2D eigenvalue weighted by molar-refractivity contribution is -0.142. The van der Waals surface area contributed by atoms with E-state index >= 15 is 0 Å². The third-order valence-electron chi connectivity index (χ3n) is 3.76. The van der Waals surface area contributed by atoms with Crippen LogP contribution in [0.5, 0.6) is 0 Å². The molecule has 1 N–H and O–H groups in total. The van der Waals surface area contributed by atoms with Crippen LogP contribution in [-0.4, -0.2) is 23.5 Å². The van der Waals surface area contributed by atoms with E-state index in [1.165, 1.54) is 17.4 Å². The molecule has 0 unspecified atom stereocenters. The number of carbonyl (C=O) groups excluding carboxylic acids is 2. The van der Waals surface area contributed by atoms with Gasteiger partial charge in [0.05, 0.1) is 28.8 Å². The lowest BCUT2D eigenvalue weighted by Gasteiger charge is -2.03. The molecular weight excluding hydrogens is 419 g/mol. The monoisotopic (exact) mass is 434 g/mol. The molecule has 1 heterocycles. The minimum absolute atomic E-state index is 0.0817. The van der Waals surface area contributed by atoms with Gasteiger partial charge in [-0.25, -0.2) is 4.98 Å². The molecule has 2 aromatic carbocycles. The van der Waals surface area contributed by atoms with E-state index in [4.69, 9.17) is 27.9 Å². The SMILES string of the molecule is CCOC(=O)Cc1sc(NC(=O)c2ccc(Cl)c(Cl)c2)nc1-c1ccccc1. The van der Waals surface area contributed by atoms with Gasteiger partial charge in [-0.1, -0.05) is 53.5 Å². The number of hydrogen-bond acceptors (Lipinski definition) is 5. The summed E-state index contributed by atoms with van der Waals surface area (Å²) >= 11 is 13.1. The summed E-state index contributed by atoms with van der Waals surface area (Å²) in [4.78, 5) is 29.7. The number of esters is 1. The number of anilines is 1. The molecule has 0 radical (unpaired) electrons. The molecule has 0 saturated carbocycles. The van der Waals surface area contributed by atoms with Gasteiger partial charge < -0.3 is 4.74 Å². The summed E-state index contributed by atoms with van der Waals surface area (Å²) in [6.45, 7) is 2.06. The van der Waals surface area contributed by atoms with E-state index in [1.54, 1.807) is 19.1 Å². The number of halogens is 2. The fourth-order valence-corrected chi connectivity index (χ4v) is 3.76. The van der Waals surface area contributed by atoms with E-state index in [1.807, 2.05) is 30.3 Å². The Morgan fingerprint density at radius 2 is 1.86 bits per heavy atom. The van der Waals surface area contributed by atoms with Crippen LogP contribution in [0.4, 0.5) is 5.13 Å². The molecule has 3 rings (SSSR count). The Balaban J connectivity index is 1.88. The van der Waals surface area contributed by atoms with E-state index in [2.05, 4.69) is 10.3 Å². The van der Waals surface area contributed by atoms with E-state index < -0.39 is 0 Å². The van der Waals surface area contributed by atoms with Crippen LogP contribution in [0.2, 0.25) is 10.0 Å². The second-order valence-electron chi connectivity index (χ2n) is 5.72. The summed E-state index contributed by atoms with van der Waals surface area (Å²) in [5.41, 5.74) is 1.86. The number of benzene rings is 2. The fraction of sp³-hybridized carbons (Fsp3) is 0.150. The van der Waals surface area contributed by atoms with Crippen molar-refractivity contribution in [3.8, 4) is 11.3 Å². The van der Waals surface area contributed by atoms with E-state index in [0.717, 1.165) is 5.56 Å². The van der Waals surface area contributed by atoms with Crippen molar-refractivity contribution in [3.05, 3.63) is 69.0 Å². The van der Waals surface area contributed by atoms with E-state index in [0.29, 0.717) is 37.9 Å². The number of thiazole rings is 1. The molecule has 0 aliphatic heterocycles. The Hall–Kier alpha value is -2.41. The van der Waals surface area contributed by atoms with Crippen molar-refractivity contribution in [2.24, 2.45) is 0 Å². The minimum Gasteiger partial charge on any atom is -0.466 e. The number of hydrogen-bond donors (Lipinski definition) is 1. The number of amides is 1. The van der Waals surface area contributed by atoms with Crippen LogP contribution >= 0.6 is 34.5 Å². The topological polar surface area (TPSA) is 68.3 Å². The quantitative estimate of drug-likeness (QED) is 0.521. The van der Waals surface area contributed by atoms with Gasteiger partial charge in [-0.05, 0) is 25.1 Å². The normalized spacial score (nSPS) is 10.5. The van der Waals surface area contributed by atoms with Crippen LogP contribution < -0.4 is 5.32 Å². The zero-order valence-corrected chi connectivity index (χ0v) is 17.2. The molecule has 0 aliphatic carbocycles. The van der Waals surface area contributed by atoms with Gasteiger partial charge in [-0.3, -0.25) is 14.9 Å². The maximum absolute atomic E-state index is 12.5. The first-order chi connectivity index (χ1) is 13.5. The van der Waals surface area contributed by atoms with Gasteiger partial charge in [-0.15, -0.1) is 11.3 Å². The first-order valence-electron chi connectivity index (χ1n) is 8.45. The van der Waals surface area contributed by atoms with Crippen molar-refractivity contribution < 1.29 is 14.3 Å². The predicted octanol–water partition coefficient (Wildman–Crippen LogP) is 5.47. The summed E-state index contributed by atoms with van der Waals surface area (Å²) in [6.07, 6.45) is 0.0817. The Kier molecular flexibility index (Phi) is 6.67. The molecule has 1 amide bonds. The molecule has 28 heavy (non-hydrogen) atoms. The maximum atomic E-state index is 12.5. The Bertz CT molecular complexity index is 1010. The number of rotatable bonds is 6. The zero-order chi connectivity index (χ0) is 20.1. The average molecular weight is 435 g/mol. The molecule has 8 heteroatoms. The van der Waals surface area contributed by atoms with Crippen LogP contribution in [0, 0.1) is 0 Å². The van der Waals surface area contributed by atoms with Crippen molar-refractivity contribution in [1.29, 1.82) is 0 Å². The first kappa shape index (κ1) is 20.3. The average Bonchev–Trinajstić information content (AvgIpc) is 3.06. The van der Waals surface area contributed by atoms with Gasteiger partial charge in [0.15, 0.2) is 5.13 Å². The summed E-state index contributed by atoms with van der Waals surface area (Å²) in [7, 11) is 0. The molecule has 144 valence electrons. The van der Waals surface area contributed by atoms with Gasteiger partial charge in [0, 0.05) is 16.0 Å². The van der Waals surface area contributed by atoms with Crippen molar-refractivity contribution in [3.63, 3.8) is 0 Å². The van der Waals surface area contributed by atoms with Crippen molar-refractivity contribution in [2.45, 2.75) is 13.3 Å². The number of aromatic nitrogens is 1. The van der Waals surface area contributed by atoms with Crippen LogP contribution in [0.25, 0.3) is 11.3 Å². The van der Waals surface area contributed by atoms with Gasteiger partial charge in [0.2, 0.25) is 0 Å². The molecule has 5 nitrogen and oxygen atoms in total. The summed E-state index contributed by atoms with van der Waals surface area (Å²) in [6, 6.07) is 14.1. The Morgan fingerprint density at radius 1 is 1.11 bits per heavy atom. The third-order valence-corrected chi connectivity index (χ3v) is 5.47. The van der Waals surface area contributed by atoms with Crippen molar-refractivity contribution >= 4 is 51.5 Å². The summed E-state index contributed by atoms with van der Waals surface area (Å²) in [5, 5.41) is 3.80. The number of ether oxygens (including phenoxy) is 1. The third kappa shape index (κ3) is 4.90. The number of nitrogens with zero attached hydrogens (tertiary/aromatic N) is 1. The highest BCUT2D eigenvalue weighted by Gasteiger charge is 2.18. The minimum atomic E-state index is -0.366. The Morgan fingerprint density at radius 3 is 2.54 bits per heavy atom. The second kappa shape index (κ2) is 9.19. The molecule has 0 aliphatic rings. The number of nitrogens with one attached hydrogen (secondary N) is 1.